The molecule has 0 aliphatic heterocycles. The van der Waals surface area contributed by atoms with Crippen LogP contribution in [0.5, 0.6) is 0 Å². The summed E-state index contributed by atoms with van der Waals surface area (Å²) in [5.41, 5.74) is 2.34. The largest absolute Gasteiger partial charge is 0.465 e. The van der Waals surface area contributed by atoms with Crippen LogP contribution in [0, 0.1) is 13.8 Å². The van der Waals surface area contributed by atoms with E-state index in [2.05, 4.69) is 15.6 Å². The Morgan fingerprint density at radius 1 is 1.07 bits per heavy atom. The SMILES string of the molecule is Cc1ccc(CNC(=O)c2ccc(C)c(NC(=O)c3cccnc3N(C)C)c2)o1. The van der Waals surface area contributed by atoms with Crippen molar-refractivity contribution in [3.63, 3.8) is 0 Å². The molecule has 2 amide bonds. The van der Waals surface area contributed by atoms with Crippen molar-refractivity contribution in [1.29, 1.82) is 0 Å². The predicted octanol–water partition coefficient (Wildman–Crippen LogP) is 3.54. The molecule has 0 saturated heterocycles. The summed E-state index contributed by atoms with van der Waals surface area (Å²) in [5, 5.41) is 5.71. The molecule has 0 unspecified atom stereocenters. The van der Waals surface area contributed by atoms with Crippen molar-refractivity contribution in [2.45, 2.75) is 20.4 Å². The van der Waals surface area contributed by atoms with Crippen LogP contribution in [-0.4, -0.2) is 30.9 Å². The van der Waals surface area contributed by atoms with Gasteiger partial charge in [-0.15, -0.1) is 0 Å². The van der Waals surface area contributed by atoms with Gasteiger partial charge in [-0.25, -0.2) is 4.98 Å². The fourth-order valence-electron chi connectivity index (χ4n) is 2.87. The normalized spacial score (nSPS) is 10.5. The van der Waals surface area contributed by atoms with E-state index >= 15 is 0 Å². The van der Waals surface area contributed by atoms with Gasteiger partial charge >= 0.3 is 0 Å². The number of nitrogens with zero attached hydrogens (tertiary/aromatic N) is 2. The summed E-state index contributed by atoms with van der Waals surface area (Å²) in [4.78, 5) is 31.3. The molecule has 0 radical (unpaired) electrons. The smallest absolute Gasteiger partial charge is 0.259 e. The van der Waals surface area contributed by atoms with Gasteiger partial charge in [-0.05, 0) is 55.8 Å². The maximum absolute atomic E-state index is 12.8. The van der Waals surface area contributed by atoms with Gasteiger partial charge in [0, 0.05) is 31.5 Å². The highest BCUT2D eigenvalue weighted by Crippen LogP contribution is 2.21. The first-order valence-corrected chi connectivity index (χ1v) is 9.23. The molecule has 3 aromatic rings. The van der Waals surface area contributed by atoms with Gasteiger partial charge in [0.15, 0.2) is 0 Å². The van der Waals surface area contributed by atoms with Gasteiger partial charge < -0.3 is 20.0 Å². The van der Waals surface area contributed by atoms with E-state index in [4.69, 9.17) is 4.42 Å². The standard InChI is InChI=1S/C22H24N4O3/c1-14-7-9-16(21(27)24-13-17-10-8-15(2)29-17)12-19(14)25-22(28)18-6-5-11-23-20(18)26(3)4/h5-12H,13H2,1-4H3,(H,24,27)(H,25,28). The second-order valence-corrected chi connectivity index (χ2v) is 6.95. The second kappa shape index (κ2) is 8.60. The Morgan fingerprint density at radius 3 is 2.55 bits per heavy atom. The monoisotopic (exact) mass is 392 g/mol. The summed E-state index contributed by atoms with van der Waals surface area (Å²) < 4.78 is 5.46. The molecule has 3 rings (SSSR count). The minimum atomic E-state index is -0.284. The molecule has 0 spiro atoms. The van der Waals surface area contributed by atoms with Gasteiger partial charge in [0.05, 0.1) is 12.1 Å². The van der Waals surface area contributed by atoms with Crippen LogP contribution < -0.4 is 15.5 Å². The van der Waals surface area contributed by atoms with Crippen LogP contribution in [0.25, 0.3) is 0 Å². The number of nitrogens with one attached hydrogen (secondary N) is 2. The van der Waals surface area contributed by atoms with Gasteiger partial charge in [-0.1, -0.05) is 6.07 Å². The Hall–Kier alpha value is -3.61. The van der Waals surface area contributed by atoms with E-state index in [0.29, 0.717) is 34.9 Å². The van der Waals surface area contributed by atoms with Crippen LogP contribution in [0.4, 0.5) is 11.5 Å². The summed E-state index contributed by atoms with van der Waals surface area (Å²) in [6, 6.07) is 12.3. The number of anilines is 2. The van der Waals surface area contributed by atoms with E-state index in [1.165, 1.54) is 0 Å². The summed E-state index contributed by atoms with van der Waals surface area (Å²) in [6.07, 6.45) is 1.64. The Balaban J connectivity index is 1.75. The Bertz CT molecular complexity index is 1040. The highest BCUT2D eigenvalue weighted by atomic mass is 16.3. The minimum Gasteiger partial charge on any atom is -0.465 e. The average Bonchev–Trinajstić information content (AvgIpc) is 3.12. The fourth-order valence-corrected chi connectivity index (χ4v) is 2.87. The van der Waals surface area contributed by atoms with Crippen molar-refractivity contribution in [2.75, 3.05) is 24.3 Å². The van der Waals surface area contributed by atoms with Crippen molar-refractivity contribution in [1.82, 2.24) is 10.3 Å². The van der Waals surface area contributed by atoms with Crippen molar-refractivity contribution in [3.8, 4) is 0 Å². The lowest BCUT2D eigenvalue weighted by molar-refractivity contribution is 0.0946. The van der Waals surface area contributed by atoms with Crippen LogP contribution >= 0.6 is 0 Å². The molecule has 0 atom stereocenters. The van der Waals surface area contributed by atoms with Gasteiger partial charge in [0.2, 0.25) is 0 Å². The molecule has 0 saturated carbocycles. The highest BCUT2D eigenvalue weighted by Gasteiger charge is 2.16. The van der Waals surface area contributed by atoms with Crippen molar-refractivity contribution in [2.24, 2.45) is 0 Å². The number of hydrogen-bond acceptors (Lipinski definition) is 5. The third-order valence-corrected chi connectivity index (χ3v) is 4.42. The number of pyridine rings is 1. The summed E-state index contributed by atoms with van der Waals surface area (Å²) >= 11 is 0. The third-order valence-electron chi connectivity index (χ3n) is 4.42. The highest BCUT2D eigenvalue weighted by molar-refractivity contribution is 6.08. The minimum absolute atomic E-state index is 0.245. The molecule has 2 aromatic heterocycles. The molecule has 150 valence electrons. The number of hydrogen-bond donors (Lipinski definition) is 2. The van der Waals surface area contributed by atoms with Crippen LogP contribution in [0.2, 0.25) is 0 Å². The van der Waals surface area contributed by atoms with E-state index in [-0.39, 0.29) is 11.8 Å². The van der Waals surface area contributed by atoms with Crippen LogP contribution in [-0.2, 0) is 6.54 Å². The number of amides is 2. The quantitative estimate of drug-likeness (QED) is 0.670. The molecule has 29 heavy (non-hydrogen) atoms. The van der Waals surface area contributed by atoms with E-state index in [1.54, 1.807) is 41.4 Å². The molecule has 0 aliphatic carbocycles. The number of carbonyl (C=O) groups is 2. The number of aromatic nitrogens is 1. The summed E-state index contributed by atoms with van der Waals surface area (Å²) in [5.74, 6) is 1.52. The van der Waals surface area contributed by atoms with Crippen molar-refractivity contribution in [3.05, 3.63) is 76.9 Å². The zero-order valence-corrected chi connectivity index (χ0v) is 16.9. The second-order valence-electron chi connectivity index (χ2n) is 6.95. The van der Waals surface area contributed by atoms with Gasteiger partial charge in [0.25, 0.3) is 11.8 Å². The van der Waals surface area contributed by atoms with Crippen LogP contribution in [0.15, 0.2) is 53.1 Å². The number of benzene rings is 1. The summed E-state index contributed by atoms with van der Waals surface area (Å²) in [7, 11) is 3.66. The van der Waals surface area contributed by atoms with Crippen molar-refractivity contribution >= 4 is 23.3 Å². The summed E-state index contributed by atoms with van der Waals surface area (Å²) in [6.45, 7) is 4.02. The zero-order valence-electron chi connectivity index (χ0n) is 16.9. The van der Waals surface area contributed by atoms with E-state index in [1.807, 2.05) is 40.1 Å². The first-order chi connectivity index (χ1) is 13.8. The molecule has 2 N–H and O–H groups in total. The molecule has 0 aliphatic rings. The number of rotatable bonds is 6. The topological polar surface area (TPSA) is 87.5 Å². The van der Waals surface area contributed by atoms with Gasteiger partial charge in [-0.3, -0.25) is 9.59 Å². The van der Waals surface area contributed by atoms with Crippen molar-refractivity contribution < 1.29 is 14.0 Å². The predicted molar refractivity (Wildman–Crippen MR) is 112 cm³/mol. The Labute approximate surface area is 169 Å². The molecular formula is C22H24N4O3. The first-order valence-electron chi connectivity index (χ1n) is 9.23. The molecule has 7 nitrogen and oxygen atoms in total. The maximum atomic E-state index is 12.8. The van der Waals surface area contributed by atoms with Gasteiger partial charge in [0.1, 0.15) is 17.3 Å². The van der Waals surface area contributed by atoms with E-state index in [0.717, 1.165) is 11.3 Å². The van der Waals surface area contributed by atoms with E-state index < -0.39 is 0 Å². The van der Waals surface area contributed by atoms with Gasteiger partial charge in [-0.2, -0.15) is 0 Å². The molecule has 7 heteroatoms. The zero-order chi connectivity index (χ0) is 21.0. The third kappa shape index (κ3) is 4.82. The van der Waals surface area contributed by atoms with Crippen LogP contribution in [0.1, 0.15) is 37.8 Å². The number of carbonyl (C=O) groups excluding carboxylic acids is 2. The molecule has 1 aromatic carbocycles. The Morgan fingerprint density at radius 2 is 1.86 bits per heavy atom. The van der Waals surface area contributed by atoms with Crippen LogP contribution in [0.3, 0.4) is 0 Å². The Kier molecular flexibility index (Phi) is 5.97. The molecule has 2 heterocycles. The number of furan rings is 1. The molecular weight excluding hydrogens is 368 g/mol. The maximum Gasteiger partial charge on any atom is 0.259 e. The average molecular weight is 392 g/mol. The lowest BCUT2D eigenvalue weighted by atomic mass is 10.1. The fraction of sp³-hybridized carbons (Fsp3) is 0.227. The number of aryl methyl sites for hydroxylation is 2. The lowest BCUT2D eigenvalue weighted by Crippen LogP contribution is -2.23. The van der Waals surface area contributed by atoms with E-state index in [9.17, 15) is 9.59 Å². The first kappa shape index (κ1) is 20.1. The molecule has 0 bridgehead atoms. The molecule has 0 fully saturated rings. The lowest BCUT2D eigenvalue weighted by Gasteiger charge is -2.16.